The highest BCUT2D eigenvalue weighted by atomic mass is 32.1. The van der Waals surface area contributed by atoms with Crippen LogP contribution in [0.5, 0.6) is 0 Å². The number of benzene rings is 1. The van der Waals surface area contributed by atoms with Gasteiger partial charge in [-0.3, -0.25) is 5.73 Å². The van der Waals surface area contributed by atoms with Crippen molar-refractivity contribution >= 4 is 27.4 Å². The quantitative estimate of drug-likeness (QED) is 0.565. The Balaban J connectivity index is 2.93. The molecule has 1 heterocycles. The van der Waals surface area contributed by atoms with Crippen LogP contribution in [0.2, 0.25) is 0 Å². The number of hydrogen-bond acceptors (Lipinski definition) is 2. The third-order valence-electron chi connectivity index (χ3n) is 1.38. The van der Waals surface area contributed by atoms with Gasteiger partial charge in [0.15, 0.2) is 5.82 Å². The summed E-state index contributed by atoms with van der Waals surface area (Å²) in [5.41, 5.74) is 7.34. The summed E-state index contributed by atoms with van der Waals surface area (Å²) in [6.07, 6.45) is 0. The van der Waals surface area contributed by atoms with E-state index in [1.807, 2.05) is 24.3 Å². The van der Waals surface area contributed by atoms with Gasteiger partial charge < -0.3 is 0 Å². The Bertz CT molecular complexity index is 353. The lowest BCUT2D eigenvalue weighted by atomic mass is 10.3. The lowest BCUT2D eigenvalue weighted by Crippen LogP contribution is -1.65. The molecule has 1 aromatic carbocycles. The Hall–Kier alpha value is -1.09. The van der Waals surface area contributed by atoms with Crippen LogP contribution < -0.4 is 5.73 Å². The van der Waals surface area contributed by atoms with Crippen LogP contribution >= 0.6 is 11.5 Å². The van der Waals surface area contributed by atoms with Gasteiger partial charge in [-0.1, -0.05) is 12.1 Å². The fourth-order valence-corrected chi connectivity index (χ4v) is 1.58. The number of fused-ring (bicyclic) bond motifs is 1. The predicted octanol–water partition coefficient (Wildman–Crippen LogP) is 2.21. The first-order chi connectivity index (χ1) is 4.88. The Morgan fingerprint density at radius 3 is 2.90 bits per heavy atom. The molecule has 0 fully saturated rings. The minimum atomic E-state index is 0.389. The van der Waals surface area contributed by atoms with Gasteiger partial charge in [0.05, 0.1) is 4.70 Å². The average Bonchev–Trinajstić information content (AvgIpc) is 2.34. The third kappa shape index (κ3) is 0.675. The number of nitrogens with one attached hydrogen (secondary N) is 1. The number of rotatable bonds is 0. The molecule has 0 saturated carbocycles. The van der Waals surface area contributed by atoms with Crippen LogP contribution in [-0.2, 0) is 0 Å². The van der Waals surface area contributed by atoms with Crippen LogP contribution in [0.1, 0.15) is 0 Å². The highest BCUT2D eigenvalue weighted by molar-refractivity contribution is 7.13. The van der Waals surface area contributed by atoms with Crippen LogP contribution in [0.15, 0.2) is 24.3 Å². The minimum Gasteiger partial charge on any atom is -0.282 e. The second kappa shape index (κ2) is 1.95. The topological polar surface area (TPSA) is 36.7 Å². The molecular weight excluding hydrogens is 144 g/mol. The van der Waals surface area contributed by atoms with Gasteiger partial charge in [0, 0.05) is 5.39 Å². The summed E-state index contributed by atoms with van der Waals surface area (Å²) in [4.78, 5) is 0. The molecule has 49 valence electrons. The van der Waals surface area contributed by atoms with Crippen molar-refractivity contribution < 1.29 is 0 Å². The number of nitrogens with zero attached hydrogens (tertiary/aromatic N) is 1. The molecule has 0 spiro atoms. The van der Waals surface area contributed by atoms with E-state index in [0.29, 0.717) is 5.82 Å². The molecule has 1 radical (unpaired) electrons. The Morgan fingerprint density at radius 1 is 1.30 bits per heavy atom. The maximum Gasteiger partial charge on any atom is 0.166 e. The van der Waals surface area contributed by atoms with E-state index in [4.69, 9.17) is 5.73 Å². The molecule has 0 amide bonds. The van der Waals surface area contributed by atoms with E-state index in [1.165, 1.54) is 11.5 Å². The Labute approximate surface area is 62.5 Å². The van der Waals surface area contributed by atoms with Crippen molar-refractivity contribution in [3.05, 3.63) is 24.3 Å². The number of hydrogen-bond donors (Lipinski definition) is 0. The van der Waals surface area contributed by atoms with E-state index in [1.54, 1.807) is 0 Å². The first-order valence-corrected chi connectivity index (χ1v) is 3.71. The second-order valence-corrected chi connectivity index (χ2v) is 2.83. The molecule has 0 bridgehead atoms. The smallest absolute Gasteiger partial charge is 0.166 e. The maximum absolute atomic E-state index is 7.34. The highest BCUT2D eigenvalue weighted by Gasteiger charge is 1.99. The van der Waals surface area contributed by atoms with Crippen LogP contribution in [0.3, 0.4) is 0 Å². The fraction of sp³-hybridized carbons (Fsp3) is 0. The lowest BCUT2D eigenvalue weighted by molar-refractivity contribution is 1.41. The lowest BCUT2D eigenvalue weighted by Gasteiger charge is -1.83. The summed E-state index contributed by atoms with van der Waals surface area (Å²) in [6, 6.07) is 7.78. The third-order valence-corrected chi connectivity index (χ3v) is 2.20. The molecule has 0 aliphatic rings. The van der Waals surface area contributed by atoms with Crippen LogP contribution in [0.25, 0.3) is 10.1 Å². The van der Waals surface area contributed by atoms with E-state index in [-0.39, 0.29) is 0 Å². The Kier molecular flexibility index (Phi) is 1.11. The van der Waals surface area contributed by atoms with Crippen LogP contribution in [0, 0.1) is 0 Å². The standard InChI is InChI=1S/C7H5N2S/c8-7-5-3-1-2-4-6(5)10-9-7/h1-4,8H. The van der Waals surface area contributed by atoms with Crippen molar-refractivity contribution in [1.82, 2.24) is 10.1 Å². The summed E-state index contributed by atoms with van der Waals surface area (Å²) < 4.78 is 4.99. The van der Waals surface area contributed by atoms with Gasteiger partial charge in [-0.15, -0.1) is 0 Å². The maximum atomic E-state index is 7.34. The zero-order chi connectivity index (χ0) is 6.97. The van der Waals surface area contributed by atoms with E-state index in [2.05, 4.69) is 4.37 Å². The molecule has 2 aromatic rings. The molecule has 0 unspecified atom stereocenters. The van der Waals surface area contributed by atoms with E-state index in [9.17, 15) is 0 Å². The molecule has 3 heteroatoms. The van der Waals surface area contributed by atoms with Gasteiger partial charge in [-0.05, 0) is 23.7 Å². The molecule has 1 N–H and O–H groups in total. The normalized spacial score (nSPS) is 10.4. The first-order valence-electron chi connectivity index (χ1n) is 2.94. The van der Waals surface area contributed by atoms with E-state index >= 15 is 0 Å². The molecular formula is C7H5N2S. The summed E-state index contributed by atoms with van der Waals surface area (Å²) in [5, 5.41) is 0.951. The average molecular weight is 149 g/mol. The molecule has 0 saturated heterocycles. The summed E-state index contributed by atoms with van der Waals surface area (Å²) in [5.74, 6) is 0.389. The molecule has 0 aliphatic heterocycles. The molecule has 1 aromatic heterocycles. The Morgan fingerprint density at radius 2 is 2.10 bits per heavy atom. The summed E-state index contributed by atoms with van der Waals surface area (Å²) in [7, 11) is 0. The van der Waals surface area contributed by atoms with Gasteiger partial charge >= 0.3 is 0 Å². The molecule has 0 aliphatic carbocycles. The molecule has 10 heavy (non-hydrogen) atoms. The van der Waals surface area contributed by atoms with Crippen molar-refractivity contribution in [2.24, 2.45) is 0 Å². The predicted molar refractivity (Wildman–Crippen MR) is 42.4 cm³/mol. The van der Waals surface area contributed by atoms with Gasteiger partial charge in [0.25, 0.3) is 0 Å². The van der Waals surface area contributed by atoms with E-state index < -0.39 is 0 Å². The SMILES string of the molecule is [NH]c1nsc2ccccc12. The zero-order valence-corrected chi connectivity index (χ0v) is 5.98. The van der Waals surface area contributed by atoms with Crippen molar-refractivity contribution in [3.63, 3.8) is 0 Å². The zero-order valence-electron chi connectivity index (χ0n) is 5.16. The minimum absolute atomic E-state index is 0.389. The monoisotopic (exact) mass is 149 g/mol. The van der Waals surface area contributed by atoms with Crippen LogP contribution in [0.4, 0.5) is 5.82 Å². The van der Waals surface area contributed by atoms with E-state index in [0.717, 1.165) is 10.1 Å². The van der Waals surface area contributed by atoms with Crippen molar-refractivity contribution in [2.75, 3.05) is 0 Å². The highest BCUT2D eigenvalue weighted by Crippen LogP contribution is 2.24. The first kappa shape index (κ1) is 5.68. The number of aromatic nitrogens is 1. The summed E-state index contributed by atoms with van der Waals surface area (Å²) in [6.45, 7) is 0. The van der Waals surface area contributed by atoms with Gasteiger partial charge in [-0.25, -0.2) is 0 Å². The molecule has 2 rings (SSSR count). The van der Waals surface area contributed by atoms with Crippen molar-refractivity contribution in [2.45, 2.75) is 0 Å². The van der Waals surface area contributed by atoms with Gasteiger partial charge in [-0.2, -0.15) is 4.37 Å². The fourth-order valence-electron chi connectivity index (χ4n) is 0.886. The molecule has 0 atom stereocenters. The van der Waals surface area contributed by atoms with Crippen molar-refractivity contribution in [1.29, 1.82) is 0 Å². The molecule has 2 nitrogen and oxygen atoms in total. The van der Waals surface area contributed by atoms with Crippen molar-refractivity contribution in [3.8, 4) is 0 Å². The van der Waals surface area contributed by atoms with Gasteiger partial charge in [0.2, 0.25) is 0 Å². The summed E-state index contributed by atoms with van der Waals surface area (Å²) >= 11 is 1.38. The second-order valence-electron chi connectivity index (χ2n) is 2.03. The largest absolute Gasteiger partial charge is 0.282 e. The van der Waals surface area contributed by atoms with Gasteiger partial charge in [0.1, 0.15) is 0 Å². The van der Waals surface area contributed by atoms with Crippen LogP contribution in [-0.4, -0.2) is 4.37 Å².